The highest BCUT2D eigenvalue weighted by molar-refractivity contribution is 5.44. The Kier molecular flexibility index (Phi) is 3.26. The summed E-state index contributed by atoms with van der Waals surface area (Å²) >= 11 is 0. The van der Waals surface area contributed by atoms with Gasteiger partial charge in [0, 0.05) is 0 Å². The second-order valence-corrected chi connectivity index (χ2v) is 7.85. The summed E-state index contributed by atoms with van der Waals surface area (Å²) in [6.07, 6.45) is 16.9. The molecule has 0 radical (unpaired) electrons. The normalized spacial score (nSPS) is 26.2. The molecule has 2 unspecified atom stereocenters. The smallest absolute Gasteiger partial charge is 0.00117 e. The van der Waals surface area contributed by atoms with Gasteiger partial charge in [-0.25, -0.2) is 0 Å². The number of allylic oxidation sites excluding steroid dienone is 4. The Morgan fingerprint density at radius 2 is 1.79 bits per heavy atom. The summed E-state index contributed by atoms with van der Waals surface area (Å²) in [5, 5.41) is 0. The van der Waals surface area contributed by atoms with E-state index in [0.717, 1.165) is 12.3 Å². The maximum atomic E-state index is 2.46. The molecular weight excluding hydrogens is 288 g/mol. The van der Waals surface area contributed by atoms with Gasteiger partial charge in [-0.15, -0.1) is 0 Å². The fraction of sp³-hybridized carbons (Fsp3) is 0.333. The van der Waals surface area contributed by atoms with Gasteiger partial charge in [-0.05, 0) is 77.7 Å². The van der Waals surface area contributed by atoms with E-state index in [9.17, 15) is 0 Å². The molecule has 0 aromatic heterocycles. The SMILES string of the molecule is C1=CC2CCC2(Cc2ccc(Cc3cccc4c3CC4)cc2)C=C1. The third kappa shape index (κ3) is 2.28. The molecule has 2 aromatic carbocycles. The molecule has 0 amide bonds. The Balaban J connectivity index is 1.32. The van der Waals surface area contributed by atoms with Crippen LogP contribution in [-0.4, -0.2) is 0 Å². The number of rotatable bonds is 4. The Hall–Kier alpha value is -2.08. The van der Waals surface area contributed by atoms with Crippen LogP contribution >= 0.6 is 0 Å². The Bertz CT molecular complexity index is 822. The van der Waals surface area contributed by atoms with E-state index in [-0.39, 0.29) is 0 Å². The fourth-order valence-electron chi connectivity index (χ4n) is 4.77. The molecule has 0 heteroatoms. The van der Waals surface area contributed by atoms with Crippen molar-refractivity contribution in [1.29, 1.82) is 0 Å². The maximum Gasteiger partial charge on any atom is -0.00117 e. The lowest BCUT2D eigenvalue weighted by Crippen LogP contribution is -2.40. The van der Waals surface area contributed by atoms with Crippen LogP contribution in [0.25, 0.3) is 0 Å². The summed E-state index contributed by atoms with van der Waals surface area (Å²) in [6, 6.07) is 16.2. The highest BCUT2D eigenvalue weighted by Crippen LogP contribution is 2.52. The van der Waals surface area contributed by atoms with Crippen LogP contribution in [0.3, 0.4) is 0 Å². The molecule has 1 saturated carbocycles. The monoisotopic (exact) mass is 312 g/mol. The quantitative estimate of drug-likeness (QED) is 0.705. The van der Waals surface area contributed by atoms with E-state index in [2.05, 4.69) is 66.8 Å². The van der Waals surface area contributed by atoms with Crippen molar-refractivity contribution in [2.45, 2.75) is 38.5 Å². The van der Waals surface area contributed by atoms with Gasteiger partial charge in [0.1, 0.15) is 0 Å². The molecule has 24 heavy (non-hydrogen) atoms. The van der Waals surface area contributed by atoms with Crippen LogP contribution in [0.2, 0.25) is 0 Å². The molecule has 0 nitrogen and oxygen atoms in total. The molecule has 2 aromatic rings. The average Bonchev–Trinajstić information content (AvgIpc) is 2.55. The van der Waals surface area contributed by atoms with E-state index in [0.29, 0.717) is 5.41 Å². The lowest BCUT2D eigenvalue weighted by atomic mass is 9.56. The fourth-order valence-corrected chi connectivity index (χ4v) is 4.77. The topological polar surface area (TPSA) is 0 Å². The zero-order valence-corrected chi connectivity index (χ0v) is 14.2. The van der Waals surface area contributed by atoms with Gasteiger partial charge >= 0.3 is 0 Å². The van der Waals surface area contributed by atoms with Crippen molar-refractivity contribution < 1.29 is 0 Å². The maximum absolute atomic E-state index is 2.46. The summed E-state index contributed by atoms with van der Waals surface area (Å²) in [5.41, 5.74) is 8.06. The summed E-state index contributed by atoms with van der Waals surface area (Å²) < 4.78 is 0. The van der Waals surface area contributed by atoms with Crippen molar-refractivity contribution in [3.63, 3.8) is 0 Å². The molecular formula is C24H24. The molecule has 0 spiro atoms. The van der Waals surface area contributed by atoms with Gasteiger partial charge in [-0.1, -0.05) is 66.8 Å². The largest absolute Gasteiger partial charge is 0.0806 e. The molecule has 0 N–H and O–H groups in total. The molecule has 0 saturated heterocycles. The summed E-state index contributed by atoms with van der Waals surface area (Å²) in [7, 11) is 0. The summed E-state index contributed by atoms with van der Waals surface area (Å²) in [6.45, 7) is 0. The number of hydrogen-bond donors (Lipinski definition) is 0. The second kappa shape index (κ2) is 5.48. The minimum atomic E-state index is 0.415. The molecule has 1 fully saturated rings. The van der Waals surface area contributed by atoms with Gasteiger partial charge in [-0.2, -0.15) is 0 Å². The van der Waals surface area contributed by atoms with Crippen LogP contribution in [0.5, 0.6) is 0 Å². The Morgan fingerprint density at radius 3 is 2.50 bits per heavy atom. The molecule has 0 aliphatic heterocycles. The number of fused-ring (bicyclic) bond motifs is 2. The molecule has 3 aliphatic rings. The number of hydrogen-bond acceptors (Lipinski definition) is 0. The van der Waals surface area contributed by atoms with Crippen molar-refractivity contribution in [2.24, 2.45) is 11.3 Å². The number of benzene rings is 2. The van der Waals surface area contributed by atoms with Crippen molar-refractivity contribution in [1.82, 2.24) is 0 Å². The lowest BCUT2D eigenvalue weighted by Gasteiger charge is -2.48. The minimum absolute atomic E-state index is 0.415. The average molecular weight is 312 g/mol. The van der Waals surface area contributed by atoms with Gasteiger partial charge in [0.2, 0.25) is 0 Å². The van der Waals surface area contributed by atoms with Crippen LogP contribution in [0.1, 0.15) is 40.7 Å². The van der Waals surface area contributed by atoms with Crippen molar-refractivity contribution in [3.8, 4) is 0 Å². The van der Waals surface area contributed by atoms with Gasteiger partial charge in [0.15, 0.2) is 0 Å². The first-order valence-corrected chi connectivity index (χ1v) is 9.36. The standard InChI is InChI=1S/C24H24/c1-2-14-24(15-13-22(24)6-1)17-19-9-7-18(8-10-19)16-21-5-3-4-20-11-12-23(20)21/h1-10,14,22H,11-13,15-17H2. The van der Waals surface area contributed by atoms with E-state index in [1.165, 1.54) is 48.8 Å². The first-order valence-electron chi connectivity index (χ1n) is 9.36. The molecule has 0 bridgehead atoms. The van der Waals surface area contributed by atoms with E-state index in [1.807, 2.05) is 0 Å². The van der Waals surface area contributed by atoms with Crippen LogP contribution < -0.4 is 0 Å². The predicted octanol–water partition coefficient (Wildman–Crippen LogP) is 5.44. The van der Waals surface area contributed by atoms with Crippen molar-refractivity contribution in [2.75, 3.05) is 0 Å². The van der Waals surface area contributed by atoms with Crippen LogP contribution in [-0.2, 0) is 25.7 Å². The summed E-state index contributed by atoms with van der Waals surface area (Å²) in [4.78, 5) is 0. The molecule has 3 aliphatic carbocycles. The molecule has 2 atom stereocenters. The van der Waals surface area contributed by atoms with E-state index in [4.69, 9.17) is 0 Å². The highest BCUT2D eigenvalue weighted by atomic mass is 14.5. The second-order valence-electron chi connectivity index (χ2n) is 7.85. The molecule has 5 rings (SSSR count). The van der Waals surface area contributed by atoms with Crippen LogP contribution in [0.4, 0.5) is 0 Å². The zero-order chi connectivity index (χ0) is 16.0. The van der Waals surface area contributed by atoms with E-state index < -0.39 is 0 Å². The van der Waals surface area contributed by atoms with Crippen LogP contribution in [0, 0.1) is 11.3 Å². The van der Waals surface area contributed by atoms with E-state index >= 15 is 0 Å². The summed E-state index contributed by atoms with van der Waals surface area (Å²) in [5.74, 6) is 0.769. The third-order valence-electron chi connectivity index (χ3n) is 6.51. The van der Waals surface area contributed by atoms with Gasteiger partial charge in [0.25, 0.3) is 0 Å². The highest BCUT2D eigenvalue weighted by Gasteiger charge is 2.43. The molecule has 120 valence electrons. The van der Waals surface area contributed by atoms with Gasteiger partial charge in [0.05, 0.1) is 0 Å². The minimum Gasteiger partial charge on any atom is -0.0806 e. The Labute approximate surface area is 144 Å². The predicted molar refractivity (Wildman–Crippen MR) is 100 cm³/mol. The zero-order valence-electron chi connectivity index (χ0n) is 14.2. The third-order valence-corrected chi connectivity index (χ3v) is 6.51. The lowest BCUT2D eigenvalue weighted by molar-refractivity contribution is 0.124. The van der Waals surface area contributed by atoms with Crippen LogP contribution in [0.15, 0.2) is 66.8 Å². The van der Waals surface area contributed by atoms with Gasteiger partial charge < -0.3 is 0 Å². The first kappa shape index (κ1) is 14.3. The first-order chi connectivity index (χ1) is 11.8. The van der Waals surface area contributed by atoms with Gasteiger partial charge in [-0.3, -0.25) is 0 Å². The van der Waals surface area contributed by atoms with Crippen molar-refractivity contribution in [3.05, 3.63) is 94.6 Å². The van der Waals surface area contributed by atoms with E-state index in [1.54, 1.807) is 11.1 Å². The Morgan fingerprint density at radius 1 is 0.917 bits per heavy atom. The molecule has 0 heterocycles. The number of aryl methyl sites for hydroxylation is 1. The van der Waals surface area contributed by atoms with Crippen molar-refractivity contribution >= 4 is 0 Å².